The van der Waals surface area contributed by atoms with Gasteiger partial charge in [-0.05, 0) is 82.5 Å². The Bertz CT molecular complexity index is 849. The van der Waals surface area contributed by atoms with Gasteiger partial charge in [-0.3, -0.25) is 14.1 Å². The normalized spacial score (nSPS) is 36.4. The third kappa shape index (κ3) is 3.87. The molecule has 4 atom stereocenters. The Kier molecular flexibility index (Phi) is 5.44. The van der Waals surface area contributed by atoms with Crippen molar-refractivity contribution in [3.05, 3.63) is 0 Å². The molecular weight excluding hydrogens is 434 g/mol. The molecule has 5 fully saturated rings. The Labute approximate surface area is 181 Å². The standard InChI is InChI=1S/C21H30F2O7S/c1-2-20(5-3-4-6-20)30-17(25)19-10-14-7-15(11-19)9-18(8-14,12-19)16(24)29-13-21(22,23)31(26,27)28/h14-15H,2-13H2,1H3,(H,26,27,28)/t14-,15+,18?,19?. The summed E-state index contributed by atoms with van der Waals surface area (Å²) in [7, 11) is -5.69. The van der Waals surface area contributed by atoms with Crippen molar-refractivity contribution < 1.29 is 40.8 Å². The first-order valence-electron chi connectivity index (χ1n) is 11.1. The summed E-state index contributed by atoms with van der Waals surface area (Å²) in [5.41, 5.74) is -2.36. The molecule has 5 aliphatic carbocycles. The van der Waals surface area contributed by atoms with Crippen molar-refractivity contribution >= 4 is 22.1 Å². The van der Waals surface area contributed by atoms with Crippen molar-refractivity contribution in [1.29, 1.82) is 0 Å². The molecule has 0 aromatic rings. The predicted octanol–water partition coefficient (Wildman–Crippen LogP) is 3.86. The Hall–Kier alpha value is -1.29. The molecule has 5 saturated carbocycles. The second-order valence-electron chi connectivity index (χ2n) is 10.3. The highest BCUT2D eigenvalue weighted by atomic mass is 32.2. The van der Waals surface area contributed by atoms with Gasteiger partial charge in [0, 0.05) is 0 Å². The fourth-order valence-electron chi connectivity index (χ4n) is 6.97. The molecule has 4 bridgehead atoms. The van der Waals surface area contributed by atoms with E-state index in [1.54, 1.807) is 0 Å². The number of rotatable bonds is 7. The van der Waals surface area contributed by atoms with E-state index in [4.69, 9.17) is 14.0 Å². The van der Waals surface area contributed by atoms with Gasteiger partial charge in [0.2, 0.25) is 0 Å². The number of alkyl halides is 2. The first-order valence-corrected chi connectivity index (χ1v) is 12.5. The molecule has 1 N–H and O–H groups in total. The fourth-order valence-corrected chi connectivity index (χ4v) is 7.18. The van der Waals surface area contributed by atoms with Gasteiger partial charge in [-0.2, -0.15) is 17.2 Å². The molecule has 176 valence electrons. The Morgan fingerprint density at radius 1 is 1.03 bits per heavy atom. The predicted molar refractivity (Wildman–Crippen MR) is 105 cm³/mol. The van der Waals surface area contributed by atoms with Gasteiger partial charge in [-0.1, -0.05) is 6.92 Å². The van der Waals surface area contributed by atoms with Gasteiger partial charge in [-0.15, -0.1) is 0 Å². The molecule has 0 spiro atoms. The highest BCUT2D eigenvalue weighted by molar-refractivity contribution is 7.86. The monoisotopic (exact) mass is 464 g/mol. The first kappa shape index (κ1) is 22.9. The summed E-state index contributed by atoms with van der Waals surface area (Å²) in [6.45, 7) is 0.269. The van der Waals surface area contributed by atoms with Crippen LogP contribution in [-0.2, 0) is 29.2 Å². The molecule has 5 rings (SSSR count). The third-order valence-corrected chi connectivity index (χ3v) is 9.02. The molecule has 0 amide bonds. The first-order chi connectivity index (χ1) is 14.3. The van der Waals surface area contributed by atoms with Crippen LogP contribution >= 0.6 is 0 Å². The van der Waals surface area contributed by atoms with Crippen LogP contribution < -0.4 is 0 Å². The zero-order valence-electron chi connectivity index (χ0n) is 17.7. The zero-order chi connectivity index (χ0) is 22.7. The van der Waals surface area contributed by atoms with Crippen LogP contribution in [0, 0.1) is 22.7 Å². The summed E-state index contributed by atoms with van der Waals surface area (Å²) in [6, 6.07) is 0. The van der Waals surface area contributed by atoms with Crippen molar-refractivity contribution in [2.75, 3.05) is 6.61 Å². The smallest absolute Gasteiger partial charge is 0.402 e. The summed E-state index contributed by atoms with van der Waals surface area (Å²) in [6.07, 6.45) is 7.60. The molecule has 7 nitrogen and oxygen atoms in total. The van der Waals surface area contributed by atoms with Gasteiger partial charge in [-0.25, -0.2) is 0 Å². The lowest BCUT2D eigenvalue weighted by atomic mass is 9.44. The molecule has 0 radical (unpaired) electrons. The minimum absolute atomic E-state index is 0.101. The van der Waals surface area contributed by atoms with Gasteiger partial charge in [0.05, 0.1) is 10.8 Å². The van der Waals surface area contributed by atoms with E-state index in [-0.39, 0.29) is 24.2 Å². The molecule has 0 heterocycles. The summed E-state index contributed by atoms with van der Waals surface area (Å²) >= 11 is 0. The van der Waals surface area contributed by atoms with Gasteiger partial charge in [0.25, 0.3) is 0 Å². The molecule has 2 unspecified atom stereocenters. The Balaban J connectivity index is 1.53. The molecule has 0 saturated heterocycles. The molecule has 0 aliphatic heterocycles. The van der Waals surface area contributed by atoms with E-state index >= 15 is 0 Å². The number of esters is 2. The van der Waals surface area contributed by atoms with E-state index in [9.17, 15) is 26.8 Å². The quantitative estimate of drug-likeness (QED) is 0.450. The lowest BCUT2D eigenvalue weighted by Crippen LogP contribution is -2.59. The minimum atomic E-state index is -5.69. The van der Waals surface area contributed by atoms with Crippen LogP contribution in [0.4, 0.5) is 8.78 Å². The second kappa shape index (κ2) is 7.37. The molecule has 10 heteroatoms. The van der Waals surface area contributed by atoms with Crippen LogP contribution in [-0.4, -0.2) is 42.4 Å². The topological polar surface area (TPSA) is 107 Å². The highest BCUT2D eigenvalue weighted by Crippen LogP contribution is 2.66. The van der Waals surface area contributed by atoms with Crippen LogP contribution in [0.3, 0.4) is 0 Å². The van der Waals surface area contributed by atoms with Crippen molar-refractivity contribution in [1.82, 2.24) is 0 Å². The Morgan fingerprint density at radius 3 is 2.03 bits per heavy atom. The average Bonchev–Trinajstić information content (AvgIpc) is 3.13. The maximum Gasteiger partial charge on any atom is 0.402 e. The van der Waals surface area contributed by atoms with Crippen LogP contribution in [0.5, 0.6) is 0 Å². The average molecular weight is 465 g/mol. The number of hydrogen-bond acceptors (Lipinski definition) is 6. The number of halogens is 2. The van der Waals surface area contributed by atoms with Crippen molar-refractivity contribution in [3.63, 3.8) is 0 Å². The van der Waals surface area contributed by atoms with Crippen LogP contribution in [0.15, 0.2) is 0 Å². The third-order valence-electron chi connectivity index (χ3n) is 8.14. The van der Waals surface area contributed by atoms with E-state index in [2.05, 4.69) is 0 Å². The van der Waals surface area contributed by atoms with E-state index in [1.807, 2.05) is 6.92 Å². The van der Waals surface area contributed by atoms with Gasteiger partial charge < -0.3 is 9.47 Å². The number of hydrogen-bond donors (Lipinski definition) is 1. The molecule has 31 heavy (non-hydrogen) atoms. The second-order valence-corrected chi connectivity index (χ2v) is 11.9. The summed E-state index contributed by atoms with van der Waals surface area (Å²) < 4.78 is 68.3. The van der Waals surface area contributed by atoms with Crippen molar-refractivity contribution in [2.24, 2.45) is 22.7 Å². The number of carbonyl (C=O) groups is 2. The van der Waals surface area contributed by atoms with Gasteiger partial charge >= 0.3 is 27.3 Å². The van der Waals surface area contributed by atoms with E-state index in [0.717, 1.165) is 38.5 Å². The van der Waals surface area contributed by atoms with Crippen LogP contribution in [0.1, 0.15) is 77.6 Å². The van der Waals surface area contributed by atoms with E-state index < -0.39 is 44.4 Å². The summed E-state index contributed by atoms with van der Waals surface area (Å²) in [4.78, 5) is 26.3. The van der Waals surface area contributed by atoms with Crippen molar-refractivity contribution in [3.8, 4) is 0 Å². The fraction of sp³-hybridized carbons (Fsp3) is 0.905. The van der Waals surface area contributed by atoms with Crippen LogP contribution in [0.25, 0.3) is 0 Å². The maximum absolute atomic E-state index is 13.6. The maximum atomic E-state index is 13.6. The molecule has 5 aliphatic rings. The SMILES string of the molecule is CCC1(OC(=O)C23C[C@@H]4C[C@@H](CC(C(=O)OCC(F)(F)S(=O)(=O)O)(C4)C2)C3)CCCC1. The molecule has 0 aromatic heterocycles. The van der Waals surface area contributed by atoms with Gasteiger partial charge in [0.15, 0.2) is 6.61 Å². The van der Waals surface area contributed by atoms with Crippen LogP contribution in [0.2, 0.25) is 0 Å². The minimum Gasteiger partial charge on any atom is -0.459 e. The summed E-state index contributed by atoms with van der Waals surface area (Å²) in [5.74, 6) is -0.992. The molecule has 0 aromatic carbocycles. The Morgan fingerprint density at radius 2 is 1.55 bits per heavy atom. The molecular formula is C21H30F2O7S. The van der Waals surface area contributed by atoms with Gasteiger partial charge in [0.1, 0.15) is 5.60 Å². The largest absolute Gasteiger partial charge is 0.459 e. The lowest BCUT2D eigenvalue weighted by molar-refractivity contribution is -0.204. The van der Waals surface area contributed by atoms with E-state index in [0.29, 0.717) is 25.7 Å². The lowest BCUT2D eigenvalue weighted by Gasteiger charge is -2.59. The van der Waals surface area contributed by atoms with Crippen molar-refractivity contribution in [2.45, 2.75) is 88.4 Å². The summed E-state index contributed by atoms with van der Waals surface area (Å²) in [5, 5.41) is -4.57. The van der Waals surface area contributed by atoms with E-state index in [1.165, 1.54) is 0 Å². The zero-order valence-corrected chi connectivity index (χ0v) is 18.5. The highest BCUT2D eigenvalue weighted by Gasteiger charge is 2.65. The number of ether oxygens (including phenoxy) is 2. The number of carbonyl (C=O) groups excluding carboxylic acids is 2.